The molecular formula is C79H45N13. The van der Waals surface area contributed by atoms with E-state index in [1.807, 2.05) is 54.9 Å². The van der Waals surface area contributed by atoms with E-state index in [2.05, 4.69) is 223 Å². The van der Waals surface area contributed by atoms with Gasteiger partial charge < -0.3 is 0 Å². The summed E-state index contributed by atoms with van der Waals surface area (Å²) in [5.74, 6) is 3.01. The minimum absolute atomic E-state index is 0.457. The van der Waals surface area contributed by atoms with Gasteiger partial charge in [-0.15, -0.1) is 0 Å². The fraction of sp³-hybridized carbons (Fsp3) is 0. The van der Waals surface area contributed by atoms with Gasteiger partial charge in [-0.3, -0.25) is 19.9 Å². The van der Waals surface area contributed by atoms with E-state index in [-0.39, 0.29) is 0 Å². The largest absolute Gasteiger partial charge is 0.256 e. The zero-order valence-corrected chi connectivity index (χ0v) is 48.8. The zero-order valence-electron chi connectivity index (χ0n) is 48.8. The Morgan fingerprint density at radius 2 is 0.533 bits per heavy atom. The minimum atomic E-state index is 0.457. The smallest absolute Gasteiger partial charge is 0.181 e. The highest BCUT2D eigenvalue weighted by Gasteiger charge is 2.19. The van der Waals surface area contributed by atoms with Gasteiger partial charge in [0.2, 0.25) is 0 Å². The van der Waals surface area contributed by atoms with Crippen LogP contribution >= 0.6 is 0 Å². The second-order valence-corrected chi connectivity index (χ2v) is 22.8. The van der Waals surface area contributed by atoms with E-state index in [0.717, 1.165) is 98.7 Å². The number of aromatic nitrogens is 13. The summed E-state index contributed by atoms with van der Waals surface area (Å²) >= 11 is 0. The van der Waals surface area contributed by atoms with E-state index < -0.39 is 0 Å². The van der Waals surface area contributed by atoms with E-state index in [1.165, 1.54) is 50.4 Å². The number of pyridine rings is 4. The lowest BCUT2D eigenvalue weighted by Gasteiger charge is -2.14. The van der Waals surface area contributed by atoms with Gasteiger partial charge in [0.15, 0.2) is 34.9 Å². The molecule has 0 fully saturated rings. The van der Waals surface area contributed by atoms with Crippen LogP contribution in [0, 0.1) is 0 Å². The SMILES string of the molecule is c1ccc(-c2ncnc(-c3ccc4c(c3)c3ccc(-c5ncnc(-c6cc(-c7ccc8c9ccccc9c9ccc(-c%10ccc%11ccc(-c%12ccc%13cccnc%13c%12)cc%11c%10)cc9c8c7)ccn6)n5)cc3c3ccc(-c5ncnc(-c6ccccn6)n5)cc43)n2)nc1. The molecule has 18 rings (SSSR count). The lowest BCUT2D eigenvalue weighted by atomic mass is 9.90. The van der Waals surface area contributed by atoms with Gasteiger partial charge in [0.25, 0.3) is 0 Å². The Balaban J connectivity index is 0.719. The van der Waals surface area contributed by atoms with Crippen molar-refractivity contribution in [3.05, 3.63) is 274 Å². The van der Waals surface area contributed by atoms with Crippen LogP contribution in [0.5, 0.6) is 0 Å². The van der Waals surface area contributed by atoms with Gasteiger partial charge in [-0.2, -0.15) is 0 Å². The molecule has 92 heavy (non-hydrogen) atoms. The van der Waals surface area contributed by atoms with Crippen molar-refractivity contribution in [2.45, 2.75) is 0 Å². The summed E-state index contributed by atoms with van der Waals surface area (Å²) in [6.07, 6.45) is 11.8. The number of rotatable bonds is 9. The second kappa shape index (κ2) is 21.5. The standard InChI is InChI=1S/C79H45N13/c1-2-10-59-58(9-1)60-24-19-50(48-16-13-46-14-17-49(35-57(46)34-48)52-18-15-47-8-7-32-82-72(47)41-52)36-68(60)69-37-51(20-25-61(59)69)53-29-33-83-73(42-53)79-89-45-86-76(92-79)56-23-28-64-66-39-54(74-84-43-87-77(90-74)70-11-3-5-30-80-70)21-26-62(66)65-38-55(22-27-63(65)67(64)40-56)75-85-44-88-78(91-75)71-12-4-6-31-81-71/h1-45H. The monoisotopic (exact) mass is 1180 g/mol. The highest BCUT2D eigenvalue weighted by Crippen LogP contribution is 2.43. The Hall–Kier alpha value is -12.9. The first kappa shape index (κ1) is 52.3. The van der Waals surface area contributed by atoms with E-state index >= 15 is 0 Å². The van der Waals surface area contributed by atoms with Crippen LogP contribution in [-0.4, -0.2) is 64.8 Å². The minimum Gasteiger partial charge on any atom is -0.256 e. The fourth-order valence-electron chi connectivity index (χ4n) is 13.0. The maximum atomic E-state index is 5.14. The summed E-state index contributed by atoms with van der Waals surface area (Å²) in [6, 6.07) is 81.0. The van der Waals surface area contributed by atoms with E-state index in [9.17, 15) is 0 Å². The van der Waals surface area contributed by atoms with Crippen molar-refractivity contribution in [1.29, 1.82) is 0 Å². The van der Waals surface area contributed by atoms with Crippen molar-refractivity contribution in [2.24, 2.45) is 0 Å². The van der Waals surface area contributed by atoms with Crippen LogP contribution in [-0.2, 0) is 0 Å². The topological polar surface area (TPSA) is 168 Å². The van der Waals surface area contributed by atoms with Crippen molar-refractivity contribution < 1.29 is 0 Å². The summed E-state index contributed by atoms with van der Waals surface area (Å²) in [5.41, 5.74) is 12.0. The van der Waals surface area contributed by atoms with Gasteiger partial charge in [0, 0.05) is 46.9 Å². The van der Waals surface area contributed by atoms with Crippen molar-refractivity contribution in [3.63, 3.8) is 0 Å². The predicted octanol–water partition coefficient (Wildman–Crippen LogP) is 18.1. The molecule has 13 nitrogen and oxygen atoms in total. The summed E-state index contributed by atoms with van der Waals surface area (Å²) in [6.45, 7) is 0. The molecule has 11 aromatic carbocycles. The number of nitrogens with zero attached hydrogens (tertiary/aromatic N) is 13. The van der Waals surface area contributed by atoms with Gasteiger partial charge in [-0.05, 0) is 200 Å². The molecule has 7 heterocycles. The molecule has 0 radical (unpaired) electrons. The third-order valence-corrected chi connectivity index (χ3v) is 17.5. The molecule has 426 valence electrons. The Morgan fingerprint density at radius 3 is 1.03 bits per heavy atom. The molecule has 0 unspecified atom stereocenters. The third-order valence-electron chi connectivity index (χ3n) is 17.5. The van der Waals surface area contributed by atoms with E-state index in [0.29, 0.717) is 52.0 Å². The zero-order chi connectivity index (χ0) is 60.6. The molecule has 0 amide bonds. The normalized spacial score (nSPS) is 11.7. The molecule has 0 atom stereocenters. The molecule has 13 heteroatoms. The maximum Gasteiger partial charge on any atom is 0.181 e. The summed E-state index contributed by atoms with van der Waals surface area (Å²) in [5, 5.41) is 16.7. The number of hydrogen-bond acceptors (Lipinski definition) is 13. The van der Waals surface area contributed by atoms with Crippen LogP contribution in [0.2, 0.25) is 0 Å². The van der Waals surface area contributed by atoms with Gasteiger partial charge >= 0.3 is 0 Å². The quantitative estimate of drug-likeness (QED) is 0.125. The van der Waals surface area contributed by atoms with Gasteiger partial charge in [-0.1, -0.05) is 140 Å². The Labute approximate surface area is 524 Å². The van der Waals surface area contributed by atoms with Crippen LogP contribution in [0.1, 0.15) is 0 Å². The van der Waals surface area contributed by atoms with Gasteiger partial charge in [0.05, 0.1) is 5.52 Å². The van der Waals surface area contributed by atoms with Crippen LogP contribution < -0.4 is 0 Å². The second-order valence-electron chi connectivity index (χ2n) is 22.8. The Kier molecular flexibility index (Phi) is 12.2. The van der Waals surface area contributed by atoms with E-state index in [1.54, 1.807) is 18.7 Å². The molecule has 18 aromatic rings. The average Bonchev–Trinajstić information content (AvgIpc) is 0.754. The maximum absolute atomic E-state index is 5.14. The van der Waals surface area contributed by atoms with Crippen LogP contribution in [0.15, 0.2) is 274 Å². The molecule has 0 N–H and O–H groups in total. The van der Waals surface area contributed by atoms with Crippen LogP contribution in [0.3, 0.4) is 0 Å². The molecule has 0 aliphatic rings. The molecule has 0 saturated heterocycles. The predicted molar refractivity (Wildman–Crippen MR) is 367 cm³/mol. The number of fused-ring (bicyclic) bond motifs is 14. The molecule has 0 aliphatic carbocycles. The first-order valence-electron chi connectivity index (χ1n) is 30.1. The van der Waals surface area contributed by atoms with E-state index in [4.69, 9.17) is 29.9 Å². The lowest BCUT2D eigenvalue weighted by molar-refractivity contribution is 1.05. The van der Waals surface area contributed by atoms with Crippen molar-refractivity contribution in [3.8, 4) is 102 Å². The van der Waals surface area contributed by atoms with Crippen molar-refractivity contribution >= 4 is 86.3 Å². The highest BCUT2D eigenvalue weighted by atomic mass is 15.0. The van der Waals surface area contributed by atoms with Crippen molar-refractivity contribution in [2.75, 3.05) is 0 Å². The summed E-state index contributed by atoms with van der Waals surface area (Å²) in [7, 11) is 0. The van der Waals surface area contributed by atoms with Gasteiger partial charge in [0.1, 0.15) is 36.1 Å². The summed E-state index contributed by atoms with van der Waals surface area (Å²) < 4.78 is 0. The summed E-state index contributed by atoms with van der Waals surface area (Å²) in [4.78, 5) is 61.1. The third kappa shape index (κ3) is 9.14. The van der Waals surface area contributed by atoms with Crippen molar-refractivity contribution in [1.82, 2.24) is 64.8 Å². The Bertz CT molecular complexity index is 5920. The number of hydrogen-bond donors (Lipinski definition) is 0. The first-order valence-corrected chi connectivity index (χ1v) is 30.1. The molecule has 0 saturated carbocycles. The molecule has 0 spiro atoms. The fourth-order valence-corrected chi connectivity index (χ4v) is 13.0. The van der Waals surface area contributed by atoms with Crippen LogP contribution in [0.4, 0.5) is 0 Å². The molecule has 7 aromatic heterocycles. The van der Waals surface area contributed by atoms with Gasteiger partial charge in [-0.25, -0.2) is 44.9 Å². The van der Waals surface area contributed by atoms with Crippen LogP contribution in [0.25, 0.3) is 188 Å². The lowest BCUT2D eigenvalue weighted by Crippen LogP contribution is -1.98. The number of benzene rings is 11. The molecule has 0 bridgehead atoms. The Morgan fingerprint density at radius 1 is 0.174 bits per heavy atom. The average molecular weight is 1180 g/mol. The molecular weight excluding hydrogens is 1130 g/mol. The molecule has 0 aliphatic heterocycles. The first-order chi connectivity index (χ1) is 45.5. The highest BCUT2D eigenvalue weighted by molar-refractivity contribution is 6.28.